The summed E-state index contributed by atoms with van der Waals surface area (Å²) in [4.78, 5) is 11.4. The Morgan fingerprint density at radius 3 is 2.38 bits per heavy atom. The van der Waals surface area contributed by atoms with Crippen molar-refractivity contribution in [2.45, 2.75) is 6.61 Å². The lowest BCUT2D eigenvalue weighted by Gasteiger charge is -2.17. The summed E-state index contributed by atoms with van der Waals surface area (Å²) < 4.78 is 16.9. The average molecular weight is 348 g/mol. The van der Waals surface area contributed by atoms with Crippen LogP contribution < -0.4 is 14.2 Å². The van der Waals surface area contributed by atoms with Gasteiger partial charge in [0.05, 0.1) is 14.2 Å². The SMILES string of the molecule is COc1cccc(-c2cc(C=O)cc(OC)c2OCc2ccccc2)c1. The monoisotopic (exact) mass is 348 g/mol. The third-order valence-corrected chi connectivity index (χ3v) is 4.04. The third kappa shape index (κ3) is 3.86. The van der Waals surface area contributed by atoms with E-state index in [1.807, 2.05) is 54.6 Å². The highest BCUT2D eigenvalue weighted by Gasteiger charge is 2.16. The van der Waals surface area contributed by atoms with Crippen molar-refractivity contribution in [1.82, 2.24) is 0 Å². The summed E-state index contributed by atoms with van der Waals surface area (Å²) in [5.74, 6) is 1.84. The van der Waals surface area contributed by atoms with Crippen LogP contribution in [0.4, 0.5) is 0 Å². The van der Waals surface area contributed by atoms with E-state index in [2.05, 4.69) is 0 Å². The molecule has 0 spiro atoms. The van der Waals surface area contributed by atoms with Crippen LogP contribution in [0.25, 0.3) is 11.1 Å². The van der Waals surface area contributed by atoms with Crippen molar-refractivity contribution >= 4 is 6.29 Å². The number of hydrogen-bond donors (Lipinski definition) is 0. The van der Waals surface area contributed by atoms with E-state index < -0.39 is 0 Å². The molecule has 0 aliphatic rings. The smallest absolute Gasteiger partial charge is 0.169 e. The molecule has 0 atom stereocenters. The van der Waals surface area contributed by atoms with Gasteiger partial charge in [-0.25, -0.2) is 0 Å². The molecule has 0 saturated carbocycles. The van der Waals surface area contributed by atoms with Gasteiger partial charge in [-0.3, -0.25) is 4.79 Å². The average Bonchev–Trinajstić information content (AvgIpc) is 2.72. The Kier molecular flexibility index (Phi) is 5.54. The van der Waals surface area contributed by atoms with Gasteiger partial charge in [0.1, 0.15) is 18.6 Å². The van der Waals surface area contributed by atoms with Crippen LogP contribution in [0.5, 0.6) is 17.2 Å². The fourth-order valence-electron chi connectivity index (χ4n) is 2.73. The molecule has 0 N–H and O–H groups in total. The number of benzene rings is 3. The van der Waals surface area contributed by atoms with Crippen molar-refractivity contribution in [2.75, 3.05) is 14.2 Å². The molecule has 0 unspecified atom stereocenters. The minimum Gasteiger partial charge on any atom is -0.497 e. The van der Waals surface area contributed by atoms with Crippen molar-refractivity contribution in [1.29, 1.82) is 0 Å². The standard InChI is InChI=1S/C22H20O4/c1-24-19-10-6-9-18(13-19)20-11-17(14-23)12-21(25-2)22(20)26-15-16-7-4-3-5-8-16/h3-14H,15H2,1-2H3. The zero-order valence-electron chi connectivity index (χ0n) is 14.8. The fourth-order valence-corrected chi connectivity index (χ4v) is 2.73. The maximum absolute atomic E-state index is 11.4. The first-order valence-corrected chi connectivity index (χ1v) is 8.23. The van der Waals surface area contributed by atoms with Gasteiger partial charge in [-0.15, -0.1) is 0 Å². The molecular weight excluding hydrogens is 328 g/mol. The van der Waals surface area contributed by atoms with Gasteiger partial charge in [0.15, 0.2) is 11.5 Å². The molecule has 0 aromatic heterocycles. The van der Waals surface area contributed by atoms with Gasteiger partial charge >= 0.3 is 0 Å². The van der Waals surface area contributed by atoms with E-state index in [1.54, 1.807) is 26.4 Å². The number of ether oxygens (including phenoxy) is 3. The molecule has 3 aromatic rings. The first-order valence-electron chi connectivity index (χ1n) is 8.23. The predicted molar refractivity (Wildman–Crippen MR) is 101 cm³/mol. The van der Waals surface area contributed by atoms with Gasteiger partial charge < -0.3 is 14.2 Å². The molecule has 4 nitrogen and oxygen atoms in total. The van der Waals surface area contributed by atoms with Crippen molar-refractivity contribution in [3.05, 3.63) is 77.9 Å². The van der Waals surface area contributed by atoms with Crippen molar-refractivity contribution in [2.24, 2.45) is 0 Å². The Bertz CT molecular complexity index is 888. The summed E-state index contributed by atoms with van der Waals surface area (Å²) in [6.07, 6.45) is 0.799. The van der Waals surface area contributed by atoms with E-state index in [1.165, 1.54) is 0 Å². The minimum atomic E-state index is 0.397. The fraction of sp³-hybridized carbons (Fsp3) is 0.136. The minimum absolute atomic E-state index is 0.397. The second-order valence-electron chi connectivity index (χ2n) is 5.72. The van der Waals surface area contributed by atoms with E-state index in [4.69, 9.17) is 14.2 Å². The Balaban J connectivity index is 2.06. The normalized spacial score (nSPS) is 10.2. The maximum atomic E-state index is 11.4. The Labute approximate surface area is 153 Å². The summed E-state index contributed by atoms with van der Waals surface area (Å²) in [6, 6.07) is 21.0. The van der Waals surface area contributed by atoms with E-state index in [0.29, 0.717) is 23.7 Å². The van der Waals surface area contributed by atoms with Crippen LogP contribution in [0.1, 0.15) is 15.9 Å². The number of carbonyl (C=O) groups is 1. The number of hydrogen-bond acceptors (Lipinski definition) is 4. The number of rotatable bonds is 7. The van der Waals surface area contributed by atoms with E-state index in [0.717, 1.165) is 28.7 Å². The third-order valence-electron chi connectivity index (χ3n) is 4.04. The van der Waals surface area contributed by atoms with Gasteiger partial charge in [0.2, 0.25) is 0 Å². The van der Waals surface area contributed by atoms with Crippen molar-refractivity contribution in [3.8, 4) is 28.4 Å². The molecule has 4 heteroatoms. The quantitative estimate of drug-likeness (QED) is 0.577. The van der Waals surface area contributed by atoms with Gasteiger partial charge in [0, 0.05) is 11.1 Å². The molecule has 26 heavy (non-hydrogen) atoms. The number of carbonyl (C=O) groups excluding carboxylic acids is 1. The second-order valence-corrected chi connectivity index (χ2v) is 5.72. The van der Waals surface area contributed by atoms with Crippen molar-refractivity contribution in [3.63, 3.8) is 0 Å². The van der Waals surface area contributed by atoms with Crippen LogP contribution in [0, 0.1) is 0 Å². The molecule has 132 valence electrons. The number of aldehydes is 1. The summed E-state index contributed by atoms with van der Waals surface area (Å²) in [5, 5.41) is 0. The Morgan fingerprint density at radius 1 is 0.885 bits per heavy atom. The summed E-state index contributed by atoms with van der Waals surface area (Å²) in [6.45, 7) is 0.397. The van der Waals surface area contributed by atoms with Crippen molar-refractivity contribution < 1.29 is 19.0 Å². The summed E-state index contributed by atoms with van der Waals surface area (Å²) in [7, 11) is 3.18. The summed E-state index contributed by atoms with van der Waals surface area (Å²) in [5.41, 5.74) is 3.23. The van der Waals surface area contributed by atoms with Crippen LogP contribution in [0.15, 0.2) is 66.7 Å². The number of methoxy groups -OCH3 is 2. The van der Waals surface area contributed by atoms with Gasteiger partial charge in [-0.05, 0) is 35.4 Å². The first kappa shape index (κ1) is 17.5. The highest BCUT2D eigenvalue weighted by atomic mass is 16.5. The molecule has 0 bridgehead atoms. The van der Waals surface area contributed by atoms with Crippen LogP contribution in [-0.2, 0) is 6.61 Å². The molecule has 3 aromatic carbocycles. The highest BCUT2D eigenvalue weighted by molar-refractivity contribution is 5.84. The van der Waals surface area contributed by atoms with Crippen LogP contribution in [0.2, 0.25) is 0 Å². The Morgan fingerprint density at radius 2 is 1.69 bits per heavy atom. The summed E-state index contributed by atoms with van der Waals surface area (Å²) >= 11 is 0. The largest absolute Gasteiger partial charge is 0.497 e. The molecule has 0 amide bonds. The lowest BCUT2D eigenvalue weighted by Crippen LogP contribution is -2.01. The Hall–Kier alpha value is -3.27. The lowest BCUT2D eigenvalue weighted by molar-refractivity contribution is 0.112. The van der Waals surface area contributed by atoms with E-state index in [9.17, 15) is 4.79 Å². The molecule has 0 aliphatic carbocycles. The zero-order valence-corrected chi connectivity index (χ0v) is 14.8. The molecule has 0 saturated heterocycles. The van der Waals surface area contributed by atoms with Gasteiger partial charge in [-0.1, -0.05) is 42.5 Å². The van der Waals surface area contributed by atoms with Crippen LogP contribution >= 0.6 is 0 Å². The molecular formula is C22H20O4. The second kappa shape index (κ2) is 8.21. The highest BCUT2D eigenvalue weighted by Crippen LogP contribution is 2.40. The first-order chi connectivity index (χ1) is 12.7. The van der Waals surface area contributed by atoms with Crippen LogP contribution in [0.3, 0.4) is 0 Å². The lowest BCUT2D eigenvalue weighted by atomic mass is 10.0. The van der Waals surface area contributed by atoms with Gasteiger partial charge in [-0.2, -0.15) is 0 Å². The van der Waals surface area contributed by atoms with Crippen LogP contribution in [-0.4, -0.2) is 20.5 Å². The topological polar surface area (TPSA) is 44.8 Å². The predicted octanol–water partition coefficient (Wildman–Crippen LogP) is 4.76. The molecule has 0 fully saturated rings. The molecule has 3 rings (SSSR count). The molecule has 0 aliphatic heterocycles. The van der Waals surface area contributed by atoms with E-state index >= 15 is 0 Å². The van der Waals surface area contributed by atoms with Gasteiger partial charge in [0.25, 0.3) is 0 Å². The van der Waals surface area contributed by atoms with E-state index in [-0.39, 0.29) is 0 Å². The molecule has 0 radical (unpaired) electrons. The molecule has 0 heterocycles. The zero-order chi connectivity index (χ0) is 18.4. The maximum Gasteiger partial charge on any atom is 0.169 e.